The third-order valence-electron chi connectivity index (χ3n) is 6.50. The number of rotatable bonds is 6. The molecule has 4 heterocycles. The predicted octanol–water partition coefficient (Wildman–Crippen LogP) is 4.22. The van der Waals surface area contributed by atoms with Gasteiger partial charge in [0.25, 0.3) is 0 Å². The lowest BCUT2D eigenvalue weighted by molar-refractivity contribution is 0.174. The fraction of sp³-hybridized carbons (Fsp3) is 0.375. The van der Waals surface area contributed by atoms with E-state index in [0.29, 0.717) is 24.4 Å². The lowest BCUT2D eigenvalue weighted by Gasteiger charge is -2.13. The Kier molecular flexibility index (Phi) is 5.09. The third-order valence-corrected chi connectivity index (χ3v) is 6.80. The maximum atomic E-state index is 9.79. The summed E-state index contributed by atoms with van der Waals surface area (Å²) in [6.45, 7) is 4.40. The largest absolute Gasteiger partial charge is 0.392 e. The first-order valence-corrected chi connectivity index (χ1v) is 11.8. The number of aliphatic hydroxyl groups is 1. The molecular weight excluding hydrogens is 438 g/mol. The summed E-state index contributed by atoms with van der Waals surface area (Å²) >= 11 is 6.51. The van der Waals surface area contributed by atoms with E-state index in [1.807, 2.05) is 37.5 Å². The molecule has 1 saturated heterocycles. The fourth-order valence-electron chi connectivity index (χ4n) is 4.58. The van der Waals surface area contributed by atoms with Crippen LogP contribution in [-0.2, 0) is 6.54 Å². The fourth-order valence-corrected chi connectivity index (χ4v) is 4.83. The Balaban J connectivity index is 1.23. The first-order valence-electron chi connectivity index (χ1n) is 11.4. The lowest BCUT2D eigenvalue weighted by atomic mass is 10.2. The van der Waals surface area contributed by atoms with Crippen molar-refractivity contribution in [1.29, 1.82) is 0 Å². The van der Waals surface area contributed by atoms with Gasteiger partial charge in [-0.1, -0.05) is 11.6 Å². The number of hydrogen-bond donors (Lipinski definition) is 2. The third kappa shape index (κ3) is 4.10. The van der Waals surface area contributed by atoms with Crippen LogP contribution >= 0.6 is 11.6 Å². The van der Waals surface area contributed by atoms with Crippen molar-refractivity contribution in [2.75, 3.05) is 18.4 Å². The number of halogens is 1. The van der Waals surface area contributed by atoms with Gasteiger partial charge >= 0.3 is 0 Å². The lowest BCUT2D eigenvalue weighted by Crippen LogP contribution is -2.21. The first kappa shape index (κ1) is 20.7. The Hall–Kier alpha value is -2.94. The molecule has 8 nitrogen and oxygen atoms in total. The van der Waals surface area contributed by atoms with E-state index in [1.54, 1.807) is 10.9 Å². The van der Waals surface area contributed by atoms with Crippen molar-refractivity contribution in [2.24, 2.45) is 0 Å². The van der Waals surface area contributed by atoms with Gasteiger partial charge in [-0.15, -0.1) is 0 Å². The second-order valence-electron chi connectivity index (χ2n) is 9.07. The van der Waals surface area contributed by atoms with Gasteiger partial charge in [-0.2, -0.15) is 10.1 Å². The Morgan fingerprint density at radius 2 is 2.06 bits per heavy atom. The average Bonchev–Trinajstić information content (AvgIpc) is 3.36. The van der Waals surface area contributed by atoms with Crippen molar-refractivity contribution in [3.05, 3.63) is 59.1 Å². The highest BCUT2D eigenvalue weighted by Crippen LogP contribution is 2.40. The molecule has 0 spiro atoms. The number of likely N-dealkylation sites (tertiary alicyclic amines) is 1. The first-order chi connectivity index (χ1) is 16.0. The SMILES string of the molecule is Cc1nn(-c2ccnc(Nc3ccc4c(c3)c(Cl)cn4C3CC3)n2)cc1CN1CC[C@H](O)C1. The van der Waals surface area contributed by atoms with Gasteiger partial charge in [0, 0.05) is 72.5 Å². The van der Waals surface area contributed by atoms with Crippen molar-refractivity contribution in [3.8, 4) is 5.82 Å². The van der Waals surface area contributed by atoms with Crippen LogP contribution in [-0.4, -0.2) is 53.5 Å². The average molecular weight is 464 g/mol. The Bertz CT molecular complexity index is 1330. The highest BCUT2D eigenvalue weighted by molar-refractivity contribution is 6.35. The number of aryl methyl sites for hydroxylation is 1. The zero-order valence-corrected chi connectivity index (χ0v) is 19.2. The number of benzene rings is 1. The minimum Gasteiger partial charge on any atom is -0.392 e. The van der Waals surface area contributed by atoms with Crippen molar-refractivity contribution in [3.63, 3.8) is 0 Å². The summed E-state index contributed by atoms with van der Waals surface area (Å²) in [6.07, 6.45) is 8.82. The summed E-state index contributed by atoms with van der Waals surface area (Å²) in [5.41, 5.74) is 4.15. The minimum absolute atomic E-state index is 0.225. The van der Waals surface area contributed by atoms with E-state index in [1.165, 1.54) is 12.8 Å². The van der Waals surface area contributed by atoms with Crippen LogP contribution in [0.1, 0.15) is 36.6 Å². The summed E-state index contributed by atoms with van der Waals surface area (Å²) in [4.78, 5) is 11.3. The number of fused-ring (bicyclic) bond motifs is 1. The zero-order valence-electron chi connectivity index (χ0n) is 18.4. The topological polar surface area (TPSA) is 84.0 Å². The van der Waals surface area contributed by atoms with Crippen LogP contribution in [0, 0.1) is 6.92 Å². The van der Waals surface area contributed by atoms with Crippen molar-refractivity contribution in [2.45, 2.75) is 44.9 Å². The van der Waals surface area contributed by atoms with E-state index in [4.69, 9.17) is 11.6 Å². The zero-order chi connectivity index (χ0) is 22.5. The number of nitrogens with zero attached hydrogens (tertiary/aromatic N) is 6. The molecular formula is C24H26ClN7O. The van der Waals surface area contributed by atoms with Gasteiger partial charge in [0.15, 0.2) is 5.82 Å². The molecule has 1 saturated carbocycles. The molecule has 3 aromatic heterocycles. The summed E-state index contributed by atoms with van der Waals surface area (Å²) in [5.74, 6) is 1.20. The maximum Gasteiger partial charge on any atom is 0.229 e. The van der Waals surface area contributed by atoms with E-state index in [9.17, 15) is 5.11 Å². The normalized spacial score (nSPS) is 18.9. The second kappa shape index (κ2) is 8.13. The van der Waals surface area contributed by atoms with Crippen LogP contribution in [0.15, 0.2) is 42.9 Å². The van der Waals surface area contributed by atoms with Crippen molar-refractivity contribution >= 4 is 34.1 Å². The highest BCUT2D eigenvalue weighted by atomic mass is 35.5. The molecule has 4 aromatic rings. The van der Waals surface area contributed by atoms with Crippen molar-refractivity contribution in [1.82, 2.24) is 29.2 Å². The number of aromatic nitrogens is 5. The van der Waals surface area contributed by atoms with Crippen LogP contribution < -0.4 is 5.32 Å². The van der Waals surface area contributed by atoms with Gasteiger partial charge < -0.3 is 15.0 Å². The van der Waals surface area contributed by atoms with Crippen LogP contribution in [0.25, 0.3) is 16.7 Å². The molecule has 0 radical (unpaired) electrons. The Morgan fingerprint density at radius 1 is 1.18 bits per heavy atom. The molecule has 170 valence electrons. The molecule has 2 aliphatic rings. The van der Waals surface area contributed by atoms with E-state index < -0.39 is 0 Å². The van der Waals surface area contributed by atoms with Crippen LogP contribution in [0.4, 0.5) is 11.6 Å². The van der Waals surface area contributed by atoms with Gasteiger partial charge in [-0.3, -0.25) is 4.90 Å². The molecule has 2 fully saturated rings. The highest BCUT2D eigenvalue weighted by Gasteiger charge is 2.25. The Morgan fingerprint density at radius 3 is 2.85 bits per heavy atom. The molecule has 33 heavy (non-hydrogen) atoms. The van der Waals surface area contributed by atoms with E-state index in [0.717, 1.165) is 52.4 Å². The van der Waals surface area contributed by atoms with Gasteiger partial charge in [-0.05, 0) is 44.4 Å². The van der Waals surface area contributed by atoms with Gasteiger partial charge in [0.05, 0.1) is 16.8 Å². The molecule has 0 unspecified atom stereocenters. The van der Waals surface area contributed by atoms with Crippen LogP contribution in [0.5, 0.6) is 0 Å². The molecule has 0 bridgehead atoms. The smallest absolute Gasteiger partial charge is 0.229 e. The quantitative estimate of drug-likeness (QED) is 0.445. The van der Waals surface area contributed by atoms with Gasteiger partial charge in [0.2, 0.25) is 5.95 Å². The predicted molar refractivity (Wildman–Crippen MR) is 128 cm³/mol. The molecule has 1 atom stereocenters. The molecule has 1 aliphatic carbocycles. The van der Waals surface area contributed by atoms with E-state index in [-0.39, 0.29) is 6.10 Å². The molecule has 0 amide bonds. The summed E-state index contributed by atoms with van der Waals surface area (Å²) in [5, 5.41) is 19.5. The number of nitrogens with one attached hydrogen (secondary N) is 1. The summed E-state index contributed by atoms with van der Waals surface area (Å²) < 4.78 is 4.07. The molecule has 9 heteroatoms. The molecule has 2 N–H and O–H groups in total. The second-order valence-corrected chi connectivity index (χ2v) is 9.48. The Labute approximate surface area is 196 Å². The van der Waals surface area contributed by atoms with E-state index in [2.05, 4.69) is 35.9 Å². The number of aliphatic hydroxyl groups excluding tert-OH is 1. The molecule has 1 aliphatic heterocycles. The van der Waals surface area contributed by atoms with Gasteiger partial charge in [-0.25, -0.2) is 9.67 Å². The molecule has 1 aromatic carbocycles. The molecule has 6 rings (SSSR count). The number of anilines is 2. The summed E-state index contributed by atoms with van der Waals surface area (Å²) in [7, 11) is 0. The maximum absolute atomic E-state index is 9.79. The summed E-state index contributed by atoms with van der Waals surface area (Å²) in [6, 6.07) is 8.61. The standard InChI is InChI=1S/C24H26ClN7O/c1-15-16(11-30-9-7-19(33)13-30)12-32(29-15)23-6-8-26-24(28-23)27-17-2-5-22-20(10-17)21(25)14-31(22)18-3-4-18/h2,5-6,8,10,12,14,18-19,33H,3-4,7,9,11,13H2,1H3,(H,26,27,28)/t19-/m0/s1. The van der Waals surface area contributed by atoms with Crippen LogP contribution in [0.3, 0.4) is 0 Å². The number of β-amino-alcohol motifs (C(OH)–C–C–N with tert-alkyl or cyclic N) is 1. The number of hydrogen-bond acceptors (Lipinski definition) is 6. The van der Waals surface area contributed by atoms with Crippen LogP contribution in [0.2, 0.25) is 5.02 Å². The van der Waals surface area contributed by atoms with Crippen molar-refractivity contribution < 1.29 is 5.11 Å². The minimum atomic E-state index is -0.225. The van der Waals surface area contributed by atoms with E-state index >= 15 is 0 Å². The monoisotopic (exact) mass is 463 g/mol. The van der Waals surface area contributed by atoms with Gasteiger partial charge in [0.1, 0.15) is 0 Å².